The van der Waals surface area contributed by atoms with Crippen molar-refractivity contribution in [2.75, 3.05) is 6.61 Å². The van der Waals surface area contributed by atoms with Crippen LogP contribution in [0.15, 0.2) is 48.6 Å². The molecule has 0 spiro atoms. The fourth-order valence-corrected chi connectivity index (χ4v) is 7.40. The summed E-state index contributed by atoms with van der Waals surface area (Å²) < 4.78 is 5.87. The number of unbranched alkanes of at least 4 members (excludes halogenated alkanes) is 24. The first-order valence-electron chi connectivity index (χ1n) is 24.9. The summed E-state index contributed by atoms with van der Waals surface area (Å²) in [6.45, 7) is 6.35. The molecule has 1 amide bonds. The number of nitrogens with one attached hydrogen (secondary N) is 1. The summed E-state index contributed by atoms with van der Waals surface area (Å²) in [6.07, 6.45) is 54.7. The maximum atomic E-state index is 13.2. The van der Waals surface area contributed by atoms with Gasteiger partial charge >= 0.3 is 5.97 Å². The van der Waals surface area contributed by atoms with Crippen LogP contribution in [-0.2, 0) is 14.3 Å². The summed E-state index contributed by atoms with van der Waals surface area (Å²) in [5.41, 5.74) is 0. The van der Waals surface area contributed by atoms with Gasteiger partial charge < -0.3 is 20.3 Å². The first-order valence-corrected chi connectivity index (χ1v) is 24.9. The van der Waals surface area contributed by atoms with Crippen molar-refractivity contribution in [3.63, 3.8) is 0 Å². The lowest BCUT2D eigenvalue weighted by molar-refractivity contribution is -0.150. The van der Waals surface area contributed by atoms with Crippen LogP contribution in [0.5, 0.6) is 0 Å². The lowest BCUT2D eigenvalue weighted by atomic mass is 10.0. The van der Waals surface area contributed by atoms with E-state index in [2.05, 4.69) is 68.6 Å². The van der Waals surface area contributed by atoms with Crippen molar-refractivity contribution in [3.05, 3.63) is 48.6 Å². The Hall–Kier alpha value is -2.18. The molecule has 0 aromatic carbocycles. The second-order valence-electron chi connectivity index (χ2n) is 16.8. The largest absolute Gasteiger partial charge is 0.462 e. The van der Waals surface area contributed by atoms with Gasteiger partial charge in [-0.3, -0.25) is 9.59 Å². The highest BCUT2D eigenvalue weighted by Crippen LogP contribution is 2.17. The summed E-state index contributed by atoms with van der Waals surface area (Å²) in [6, 6.07) is -0.715. The molecule has 338 valence electrons. The Kier molecular flexibility index (Phi) is 44.2. The molecule has 0 aliphatic rings. The monoisotopic (exact) mass is 814 g/mol. The van der Waals surface area contributed by atoms with Gasteiger partial charge in [-0.2, -0.15) is 0 Å². The molecule has 0 fully saturated rings. The van der Waals surface area contributed by atoms with Gasteiger partial charge in [0, 0.05) is 6.42 Å². The number of allylic oxidation sites excluding steroid dienone is 8. The predicted octanol–water partition coefficient (Wildman–Crippen LogP) is 14.7. The zero-order valence-corrected chi connectivity index (χ0v) is 38.4. The van der Waals surface area contributed by atoms with Crippen LogP contribution in [0.2, 0.25) is 0 Å². The Morgan fingerprint density at radius 3 is 1.40 bits per heavy atom. The maximum Gasteiger partial charge on any atom is 0.306 e. The first kappa shape index (κ1) is 55.8. The van der Waals surface area contributed by atoms with E-state index >= 15 is 0 Å². The number of aliphatic hydroxyl groups excluding tert-OH is 2. The molecule has 0 heterocycles. The highest BCUT2D eigenvalue weighted by atomic mass is 16.5. The summed E-state index contributed by atoms with van der Waals surface area (Å²) in [7, 11) is 0. The van der Waals surface area contributed by atoms with Gasteiger partial charge in [-0.05, 0) is 70.6 Å². The number of aliphatic hydroxyl groups is 2. The smallest absolute Gasteiger partial charge is 0.306 e. The van der Waals surface area contributed by atoms with Crippen LogP contribution in [0, 0.1) is 0 Å². The third-order valence-electron chi connectivity index (χ3n) is 11.2. The fraction of sp³-hybridized carbons (Fsp3) is 0.808. The average Bonchev–Trinajstić information content (AvgIpc) is 3.22. The van der Waals surface area contributed by atoms with Gasteiger partial charge in [-0.15, -0.1) is 0 Å². The van der Waals surface area contributed by atoms with Gasteiger partial charge in [0.15, 0.2) is 0 Å². The normalized spacial score (nSPS) is 13.7. The van der Waals surface area contributed by atoms with Crippen molar-refractivity contribution in [2.45, 2.75) is 264 Å². The van der Waals surface area contributed by atoms with E-state index in [1.165, 1.54) is 116 Å². The lowest BCUT2D eigenvalue weighted by Crippen LogP contribution is -2.46. The molecular formula is C52H95NO5. The lowest BCUT2D eigenvalue weighted by Gasteiger charge is -2.24. The van der Waals surface area contributed by atoms with Crippen LogP contribution in [0.4, 0.5) is 0 Å². The third kappa shape index (κ3) is 40.6. The van der Waals surface area contributed by atoms with Gasteiger partial charge in [0.25, 0.3) is 0 Å². The number of hydrogen-bond acceptors (Lipinski definition) is 5. The molecule has 0 saturated carbocycles. The number of carbonyl (C=O) groups is 2. The van der Waals surface area contributed by atoms with Crippen molar-refractivity contribution >= 4 is 11.9 Å². The van der Waals surface area contributed by atoms with Gasteiger partial charge in [-0.1, -0.05) is 211 Å². The van der Waals surface area contributed by atoms with Gasteiger partial charge in [0.1, 0.15) is 6.10 Å². The van der Waals surface area contributed by atoms with E-state index in [0.717, 1.165) is 77.0 Å². The quantitative estimate of drug-likeness (QED) is 0.0323. The highest BCUT2D eigenvalue weighted by molar-refractivity contribution is 5.77. The second kappa shape index (κ2) is 45.9. The number of esters is 1. The number of rotatable bonds is 44. The molecule has 0 aromatic rings. The van der Waals surface area contributed by atoms with Crippen LogP contribution in [0.1, 0.15) is 245 Å². The summed E-state index contributed by atoms with van der Waals surface area (Å²) in [5.74, 6) is -0.566. The standard InChI is InChI=1S/C52H95NO5/c1-4-7-10-13-16-19-22-25-27-29-32-35-38-41-44-50(55)49(47-54)53-51(56)46-48(43-40-37-34-31-28-24-21-18-15-12-9-6-3)58-52(57)45-42-39-36-33-30-26-23-20-17-14-11-8-5-2/h9,12,18,21,26,30,36,39,48-50,54-55H,4-8,10-11,13-17,19-20,22-25,27-29,31-35,37-38,40-47H2,1-3H3,(H,53,56)/b12-9+,21-18+,30-26-,39-36+. The third-order valence-corrected chi connectivity index (χ3v) is 11.2. The Bertz CT molecular complexity index is 1000. The molecule has 6 heteroatoms. The molecule has 3 atom stereocenters. The molecule has 0 aliphatic carbocycles. The average molecular weight is 814 g/mol. The molecular weight excluding hydrogens is 719 g/mol. The van der Waals surface area contributed by atoms with Crippen molar-refractivity contribution in [1.29, 1.82) is 0 Å². The molecule has 0 aromatic heterocycles. The number of hydrogen-bond donors (Lipinski definition) is 3. The van der Waals surface area contributed by atoms with E-state index in [-0.39, 0.29) is 31.3 Å². The summed E-state index contributed by atoms with van der Waals surface area (Å²) >= 11 is 0. The Labute approximate surface area is 359 Å². The Morgan fingerprint density at radius 2 is 0.931 bits per heavy atom. The van der Waals surface area contributed by atoms with Crippen LogP contribution >= 0.6 is 0 Å². The van der Waals surface area contributed by atoms with E-state index in [1.807, 2.05) is 6.08 Å². The highest BCUT2D eigenvalue weighted by Gasteiger charge is 2.24. The van der Waals surface area contributed by atoms with E-state index < -0.39 is 18.2 Å². The topological polar surface area (TPSA) is 95.9 Å². The predicted molar refractivity (Wildman–Crippen MR) is 250 cm³/mol. The molecule has 58 heavy (non-hydrogen) atoms. The fourth-order valence-electron chi connectivity index (χ4n) is 7.40. The first-order chi connectivity index (χ1) is 28.5. The Balaban J connectivity index is 4.63. The number of carbonyl (C=O) groups excluding carboxylic acids is 2. The van der Waals surface area contributed by atoms with Gasteiger partial charge in [0.2, 0.25) is 5.91 Å². The molecule has 3 N–H and O–H groups in total. The van der Waals surface area contributed by atoms with Gasteiger partial charge in [0.05, 0.1) is 25.2 Å². The van der Waals surface area contributed by atoms with Gasteiger partial charge in [-0.25, -0.2) is 0 Å². The van der Waals surface area contributed by atoms with Crippen LogP contribution in [0.25, 0.3) is 0 Å². The molecule has 0 radical (unpaired) electrons. The molecule has 0 aliphatic heterocycles. The molecule has 6 nitrogen and oxygen atoms in total. The molecule has 0 saturated heterocycles. The molecule has 0 bridgehead atoms. The maximum absolute atomic E-state index is 13.2. The minimum absolute atomic E-state index is 0.0460. The van der Waals surface area contributed by atoms with Crippen molar-refractivity contribution in [2.24, 2.45) is 0 Å². The van der Waals surface area contributed by atoms with E-state index in [1.54, 1.807) is 0 Å². The van der Waals surface area contributed by atoms with E-state index in [9.17, 15) is 19.8 Å². The summed E-state index contributed by atoms with van der Waals surface area (Å²) in [5, 5.41) is 23.7. The molecule has 3 unspecified atom stereocenters. The van der Waals surface area contributed by atoms with Crippen molar-refractivity contribution in [3.8, 4) is 0 Å². The second-order valence-corrected chi connectivity index (χ2v) is 16.8. The minimum Gasteiger partial charge on any atom is -0.462 e. The summed E-state index contributed by atoms with van der Waals surface area (Å²) in [4.78, 5) is 26.0. The van der Waals surface area contributed by atoms with Crippen LogP contribution in [-0.4, -0.2) is 46.9 Å². The number of amides is 1. The Morgan fingerprint density at radius 1 is 0.517 bits per heavy atom. The van der Waals surface area contributed by atoms with Crippen molar-refractivity contribution in [1.82, 2.24) is 5.32 Å². The zero-order chi connectivity index (χ0) is 42.4. The zero-order valence-electron chi connectivity index (χ0n) is 38.4. The van der Waals surface area contributed by atoms with Crippen LogP contribution in [0.3, 0.4) is 0 Å². The van der Waals surface area contributed by atoms with Crippen LogP contribution < -0.4 is 5.32 Å². The number of ether oxygens (including phenoxy) is 1. The van der Waals surface area contributed by atoms with E-state index in [4.69, 9.17) is 4.74 Å². The van der Waals surface area contributed by atoms with E-state index in [0.29, 0.717) is 19.3 Å². The molecule has 0 rings (SSSR count). The SMILES string of the molecule is CC/C=C/C/C=C/CCCCCCCC(CC(=O)NC(CO)C(O)CCCCCCCCCCCCCCCC)OC(=O)CC/C=C/C/C=C\CCCCCCCC. The van der Waals surface area contributed by atoms with Crippen molar-refractivity contribution < 1.29 is 24.5 Å². The minimum atomic E-state index is -0.799.